The maximum atomic E-state index is 13.1. The molecule has 0 fully saturated rings. The minimum atomic E-state index is -3.69. The van der Waals surface area contributed by atoms with Crippen LogP contribution in [0.1, 0.15) is 36.7 Å². The SMILES string of the molecule is CC(C)(C)NS(=O)(=O)c1ccc(C(=O)NCc2cc(F)cc(F)c2)cc1. The molecule has 1 amide bonds. The van der Waals surface area contributed by atoms with Gasteiger partial charge in [-0.2, -0.15) is 0 Å². The summed E-state index contributed by atoms with van der Waals surface area (Å²) in [4.78, 5) is 12.2. The van der Waals surface area contributed by atoms with Gasteiger partial charge in [0, 0.05) is 23.7 Å². The van der Waals surface area contributed by atoms with Crippen LogP contribution in [0.25, 0.3) is 0 Å². The molecule has 0 radical (unpaired) electrons. The highest BCUT2D eigenvalue weighted by Gasteiger charge is 2.22. The quantitative estimate of drug-likeness (QED) is 0.835. The standard InChI is InChI=1S/C18H20F2N2O3S/c1-18(2,3)22-26(24,25)16-6-4-13(5-7-16)17(23)21-11-12-8-14(19)10-15(20)9-12/h4-10,22H,11H2,1-3H3,(H,21,23). The van der Waals surface area contributed by atoms with E-state index < -0.39 is 33.1 Å². The predicted molar refractivity (Wildman–Crippen MR) is 94.0 cm³/mol. The zero-order chi connectivity index (χ0) is 19.5. The third kappa shape index (κ3) is 5.60. The van der Waals surface area contributed by atoms with Gasteiger partial charge in [-0.1, -0.05) is 0 Å². The second-order valence-corrected chi connectivity index (χ2v) is 8.52. The number of hydrogen-bond donors (Lipinski definition) is 2. The van der Waals surface area contributed by atoms with Crippen molar-refractivity contribution in [1.82, 2.24) is 10.0 Å². The molecule has 2 aromatic rings. The van der Waals surface area contributed by atoms with Gasteiger partial charge in [-0.05, 0) is 62.7 Å². The van der Waals surface area contributed by atoms with Crippen LogP contribution in [0, 0.1) is 11.6 Å². The van der Waals surface area contributed by atoms with Gasteiger partial charge in [0.25, 0.3) is 5.91 Å². The number of nitrogens with one attached hydrogen (secondary N) is 2. The summed E-state index contributed by atoms with van der Waals surface area (Å²) >= 11 is 0. The van der Waals surface area contributed by atoms with Crippen LogP contribution < -0.4 is 10.0 Å². The summed E-state index contributed by atoms with van der Waals surface area (Å²) in [5.74, 6) is -1.94. The lowest BCUT2D eigenvalue weighted by molar-refractivity contribution is 0.0950. The van der Waals surface area contributed by atoms with E-state index in [2.05, 4.69) is 10.0 Å². The van der Waals surface area contributed by atoms with Crippen LogP contribution in [-0.2, 0) is 16.6 Å². The summed E-state index contributed by atoms with van der Waals surface area (Å²) in [5.41, 5.74) is -0.115. The molecule has 0 spiro atoms. The van der Waals surface area contributed by atoms with Crippen molar-refractivity contribution in [3.63, 3.8) is 0 Å². The Morgan fingerprint density at radius 1 is 1.00 bits per heavy atom. The molecule has 0 unspecified atom stereocenters. The summed E-state index contributed by atoms with van der Waals surface area (Å²) in [7, 11) is -3.69. The topological polar surface area (TPSA) is 75.3 Å². The fraction of sp³-hybridized carbons (Fsp3) is 0.278. The maximum absolute atomic E-state index is 13.1. The second kappa shape index (κ2) is 7.51. The van der Waals surface area contributed by atoms with Gasteiger partial charge < -0.3 is 5.32 Å². The van der Waals surface area contributed by atoms with Gasteiger partial charge in [0.1, 0.15) is 11.6 Å². The van der Waals surface area contributed by atoms with Crippen LogP contribution in [0.2, 0.25) is 0 Å². The summed E-state index contributed by atoms with van der Waals surface area (Å²) in [5, 5.41) is 2.53. The first kappa shape index (κ1) is 20.0. The lowest BCUT2D eigenvalue weighted by Gasteiger charge is -2.20. The normalized spacial score (nSPS) is 12.0. The Morgan fingerprint density at radius 2 is 1.54 bits per heavy atom. The molecule has 0 saturated carbocycles. The number of carbonyl (C=O) groups excluding carboxylic acids is 1. The molecule has 2 rings (SSSR count). The molecular weight excluding hydrogens is 362 g/mol. The van der Waals surface area contributed by atoms with Crippen molar-refractivity contribution in [2.45, 2.75) is 37.8 Å². The Hall–Kier alpha value is -2.32. The first-order chi connectivity index (χ1) is 12.0. The minimum absolute atomic E-state index is 0.0381. The van der Waals surface area contributed by atoms with Crippen LogP contribution in [0.5, 0.6) is 0 Å². The smallest absolute Gasteiger partial charge is 0.251 e. The van der Waals surface area contributed by atoms with Crippen molar-refractivity contribution in [2.24, 2.45) is 0 Å². The van der Waals surface area contributed by atoms with Crippen LogP contribution >= 0.6 is 0 Å². The number of halogens is 2. The van der Waals surface area contributed by atoms with Gasteiger partial charge >= 0.3 is 0 Å². The number of sulfonamides is 1. The van der Waals surface area contributed by atoms with E-state index in [1.807, 2.05) is 0 Å². The molecule has 8 heteroatoms. The van der Waals surface area contributed by atoms with E-state index in [4.69, 9.17) is 0 Å². The van der Waals surface area contributed by atoms with Gasteiger partial charge in [0.05, 0.1) is 4.90 Å². The highest BCUT2D eigenvalue weighted by molar-refractivity contribution is 7.89. The molecule has 26 heavy (non-hydrogen) atoms. The zero-order valence-electron chi connectivity index (χ0n) is 14.6. The highest BCUT2D eigenvalue weighted by atomic mass is 32.2. The molecule has 2 N–H and O–H groups in total. The van der Waals surface area contributed by atoms with Crippen molar-refractivity contribution >= 4 is 15.9 Å². The first-order valence-electron chi connectivity index (χ1n) is 7.83. The molecule has 0 aromatic heterocycles. The predicted octanol–water partition coefficient (Wildman–Crippen LogP) is 2.97. The number of benzene rings is 2. The molecule has 0 saturated heterocycles. The van der Waals surface area contributed by atoms with Gasteiger partial charge in [0.15, 0.2) is 0 Å². The van der Waals surface area contributed by atoms with Gasteiger partial charge in [-0.25, -0.2) is 21.9 Å². The Balaban J connectivity index is 2.07. The van der Waals surface area contributed by atoms with E-state index >= 15 is 0 Å². The van der Waals surface area contributed by atoms with E-state index in [1.165, 1.54) is 24.3 Å². The van der Waals surface area contributed by atoms with E-state index in [-0.39, 0.29) is 22.6 Å². The Bertz CT molecular complexity index is 885. The lowest BCUT2D eigenvalue weighted by Crippen LogP contribution is -2.40. The van der Waals surface area contributed by atoms with Crippen LogP contribution in [0.3, 0.4) is 0 Å². The summed E-state index contributed by atoms with van der Waals surface area (Å²) in [6.07, 6.45) is 0. The fourth-order valence-corrected chi connectivity index (χ4v) is 3.66. The monoisotopic (exact) mass is 382 g/mol. The number of hydrogen-bond acceptors (Lipinski definition) is 3. The van der Waals surface area contributed by atoms with Crippen molar-refractivity contribution in [1.29, 1.82) is 0 Å². The average molecular weight is 382 g/mol. The van der Waals surface area contributed by atoms with E-state index in [0.29, 0.717) is 0 Å². The third-order valence-electron chi connectivity index (χ3n) is 3.24. The van der Waals surface area contributed by atoms with Crippen LogP contribution in [0.4, 0.5) is 8.78 Å². The zero-order valence-corrected chi connectivity index (χ0v) is 15.5. The number of carbonyl (C=O) groups is 1. The molecule has 0 heterocycles. The lowest BCUT2D eigenvalue weighted by atomic mass is 10.1. The van der Waals surface area contributed by atoms with Gasteiger partial charge in [-0.3, -0.25) is 4.79 Å². The number of amides is 1. The molecule has 140 valence electrons. The molecule has 0 aliphatic carbocycles. The molecule has 0 aliphatic rings. The van der Waals surface area contributed by atoms with Crippen molar-refractivity contribution in [3.05, 3.63) is 65.2 Å². The molecule has 0 atom stereocenters. The van der Waals surface area contributed by atoms with E-state index in [1.54, 1.807) is 20.8 Å². The third-order valence-corrected chi connectivity index (χ3v) is 5.02. The maximum Gasteiger partial charge on any atom is 0.251 e. The van der Waals surface area contributed by atoms with Gasteiger partial charge in [-0.15, -0.1) is 0 Å². The molecule has 2 aromatic carbocycles. The minimum Gasteiger partial charge on any atom is -0.348 e. The van der Waals surface area contributed by atoms with Crippen LogP contribution in [-0.4, -0.2) is 19.9 Å². The Kier molecular flexibility index (Phi) is 5.77. The highest BCUT2D eigenvalue weighted by Crippen LogP contribution is 2.14. The summed E-state index contributed by atoms with van der Waals surface area (Å²) < 4.78 is 53.2. The first-order valence-corrected chi connectivity index (χ1v) is 9.32. The fourth-order valence-electron chi connectivity index (χ4n) is 2.24. The van der Waals surface area contributed by atoms with Crippen LogP contribution in [0.15, 0.2) is 47.4 Å². The summed E-state index contributed by atoms with van der Waals surface area (Å²) in [6.45, 7) is 5.12. The van der Waals surface area contributed by atoms with Crippen molar-refractivity contribution in [2.75, 3.05) is 0 Å². The largest absolute Gasteiger partial charge is 0.348 e. The van der Waals surface area contributed by atoms with Crippen molar-refractivity contribution in [3.8, 4) is 0 Å². The summed E-state index contributed by atoms with van der Waals surface area (Å²) in [6, 6.07) is 8.39. The molecule has 5 nitrogen and oxygen atoms in total. The van der Waals surface area contributed by atoms with Crippen molar-refractivity contribution < 1.29 is 22.0 Å². The molecule has 0 bridgehead atoms. The second-order valence-electron chi connectivity index (χ2n) is 6.84. The van der Waals surface area contributed by atoms with Gasteiger partial charge in [0.2, 0.25) is 10.0 Å². The Morgan fingerprint density at radius 3 is 2.04 bits per heavy atom. The number of rotatable bonds is 5. The van der Waals surface area contributed by atoms with E-state index in [9.17, 15) is 22.0 Å². The molecular formula is C18H20F2N2O3S. The Labute approximate surface area is 151 Å². The molecule has 0 aliphatic heterocycles. The average Bonchev–Trinajstić information content (AvgIpc) is 2.49. The van der Waals surface area contributed by atoms with E-state index in [0.717, 1.165) is 18.2 Å².